The number of fused-ring (bicyclic) bond motifs is 5. The van der Waals surface area contributed by atoms with E-state index in [9.17, 15) is 0 Å². The Bertz CT molecular complexity index is 1170. The monoisotopic (exact) mass is 338 g/mol. The summed E-state index contributed by atoms with van der Waals surface area (Å²) in [6, 6.07) is 16.0. The van der Waals surface area contributed by atoms with Gasteiger partial charge in [0.2, 0.25) is 0 Å². The van der Waals surface area contributed by atoms with Gasteiger partial charge < -0.3 is 4.57 Å². The van der Waals surface area contributed by atoms with Crippen molar-refractivity contribution >= 4 is 11.0 Å². The summed E-state index contributed by atoms with van der Waals surface area (Å²) < 4.78 is 2.13. The molecule has 4 aromatic rings. The molecule has 0 saturated carbocycles. The molecule has 0 N–H and O–H groups in total. The molecule has 1 aromatic heterocycles. The maximum atomic E-state index is 4.72. The average Bonchev–Trinajstić information content (AvgIpc) is 3.13. The molecule has 5 rings (SSSR count). The van der Waals surface area contributed by atoms with Gasteiger partial charge in [0.1, 0.15) is 0 Å². The van der Waals surface area contributed by atoms with E-state index in [0.29, 0.717) is 0 Å². The first kappa shape index (κ1) is 15.4. The summed E-state index contributed by atoms with van der Waals surface area (Å²) in [6.07, 6.45) is 2.93. The number of nitrogens with zero attached hydrogens (tertiary/aromatic N) is 2. The lowest BCUT2D eigenvalue weighted by molar-refractivity contribution is 0.943. The van der Waals surface area contributed by atoms with E-state index in [1.807, 2.05) is 6.33 Å². The normalized spacial score (nSPS) is 12.5. The van der Waals surface area contributed by atoms with Crippen LogP contribution in [0, 0.1) is 20.8 Å². The number of aryl methyl sites for hydroxylation is 4. The molecule has 0 radical (unpaired) electrons. The second-order valence-electron chi connectivity index (χ2n) is 7.71. The van der Waals surface area contributed by atoms with E-state index in [1.165, 1.54) is 55.6 Å². The summed E-state index contributed by atoms with van der Waals surface area (Å²) in [6.45, 7) is 6.52. The van der Waals surface area contributed by atoms with Gasteiger partial charge in [0.15, 0.2) is 0 Å². The first-order valence-electron chi connectivity index (χ1n) is 9.17. The van der Waals surface area contributed by atoms with Crippen LogP contribution in [0.2, 0.25) is 0 Å². The van der Waals surface area contributed by atoms with Crippen molar-refractivity contribution in [2.45, 2.75) is 27.2 Å². The minimum absolute atomic E-state index is 0.997. The standard InChI is InChI=1S/C24H22N2/c1-14-7-15(2)9-18(8-14)17-5-6-21-19(11-17)12-20-10-16(3)24-23(22(20)21)25-13-26(24)4/h5-11,13H,12H2,1-4H3. The average molecular weight is 338 g/mol. The zero-order valence-electron chi connectivity index (χ0n) is 15.7. The lowest BCUT2D eigenvalue weighted by Crippen LogP contribution is -1.90. The Morgan fingerprint density at radius 2 is 1.62 bits per heavy atom. The summed E-state index contributed by atoms with van der Waals surface area (Å²) in [4.78, 5) is 4.72. The van der Waals surface area contributed by atoms with Gasteiger partial charge in [-0.3, -0.25) is 0 Å². The van der Waals surface area contributed by atoms with Crippen LogP contribution in [0.25, 0.3) is 33.3 Å². The highest BCUT2D eigenvalue weighted by atomic mass is 15.0. The van der Waals surface area contributed by atoms with Crippen molar-refractivity contribution in [3.63, 3.8) is 0 Å². The molecule has 0 fully saturated rings. The second kappa shape index (κ2) is 5.31. The molecule has 0 saturated heterocycles. The number of imidazole rings is 1. The molecule has 1 aliphatic carbocycles. The number of rotatable bonds is 1. The molecule has 2 nitrogen and oxygen atoms in total. The van der Waals surface area contributed by atoms with Crippen LogP contribution in [0.4, 0.5) is 0 Å². The van der Waals surface area contributed by atoms with Crippen molar-refractivity contribution in [3.05, 3.63) is 76.6 Å². The van der Waals surface area contributed by atoms with E-state index in [0.717, 1.165) is 11.9 Å². The molecule has 1 heterocycles. The Kier molecular flexibility index (Phi) is 3.14. The smallest absolute Gasteiger partial charge is 0.0968 e. The number of hydrogen-bond donors (Lipinski definition) is 0. The molecular formula is C24H22N2. The van der Waals surface area contributed by atoms with Gasteiger partial charge in [-0.1, -0.05) is 53.6 Å². The van der Waals surface area contributed by atoms with Gasteiger partial charge in [0, 0.05) is 12.6 Å². The summed E-state index contributed by atoms with van der Waals surface area (Å²) >= 11 is 0. The van der Waals surface area contributed by atoms with Crippen molar-refractivity contribution in [2.75, 3.05) is 0 Å². The van der Waals surface area contributed by atoms with Gasteiger partial charge in [-0.25, -0.2) is 4.98 Å². The molecule has 0 aliphatic heterocycles. The van der Waals surface area contributed by atoms with Crippen LogP contribution in [0.3, 0.4) is 0 Å². The Morgan fingerprint density at radius 1 is 0.846 bits per heavy atom. The lowest BCUT2D eigenvalue weighted by Gasteiger charge is -2.09. The largest absolute Gasteiger partial charge is 0.333 e. The summed E-state index contributed by atoms with van der Waals surface area (Å²) in [5.41, 5.74) is 14.4. The van der Waals surface area contributed by atoms with Crippen LogP contribution in [-0.4, -0.2) is 9.55 Å². The van der Waals surface area contributed by atoms with Crippen LogP contribution in [-0.2, 0) is 13.5 Å². The second-order valence-corrected chi connectivity index (χ2v) is 7.71. The minimum Gasteiger partial charge on any atom is -0.333 e. The van der Waals surface area contributed by atoms with Crippen molar-refractivity contribution in [1.29, 1.82) is 0 Å². The van der Waals surface area contributed by atoms with Gasteiger partial charge >= 0.3 is 0 Å². The third kappa shape index (κ3) is 2.15. The molecular weight excluding hydrogens is 316 g/mol. The van der Waals surface area contributed by atoms with Crippen LogP contribution >= 0.6 is 0 Å². The van der Waals surface area contributed by atoms with Gasteiger partial charge in [0.25, 0.3) is 0 Å². The fraction of sp³-hybridized carbons (Fsp3) is 0.208. The van der Waals surface area contributed by atoms with E-state index < -0.39 is 0 Å². The molecule has 26 heavy (non-hydrogen) atoms. The predicted molar refractivity (Wildman–Crippen MR) is 109 cm³/mol. The fourth-order valence-corrected chi connectivity index (χ4v) is 4.58. The molecule has 0 unspecified atom stereocenters. The Hall–Kier alpha value is -2.87. The minimum atomic E-state index is 0.997. The Balaban J connectivity index is 1.70. The highest BCUT2D eigenvalue weighted by Crippen LogP contribution is 2.43. The number of benzene rings is 3. The van der Waals surface area contributed by atoms with Gasteiger partial charge in [0.05, 0.1) is 17.4 Å². The first-order chi connectivity index (χ1) is 12.5. The SMILES string of the molecule is Cc1cc(C)cc(-c2ccc3c(c2)Cc2cc(C)c4c(ncn4C)c2-3)c1. The van der Waals surface area contributed by atoms with Crippen LogP contribution < -0.4 is 0 Å². The molecule has 0 bridgehead atoms. The van der Waals surface area contributed by atoms with Gasteiger partial charge in [-0.2, -0.15) is 0 Å². The summed E-state index contributed by atoms with van der Waals surface area (Å²) in [5.74, 6) is 0. The molecule has 128 valence electrons. The highest BCUT2D eigenvalue weighted by molar-refractivity contribution is 5.99. The fourth-order valence-electron chi connectivity index (χ4n) is 4.58. The zero-order chi connectivity index (χ0) is 18.0. The van der Waals surface area contributed by atoms with Crippen LogP contribution in [0.15, 0.2) is 48.8 Å². The van der Waals surface area contributed by atoms with Gasteiger partial charge in [-0.05, 0) is 60.6 Å². The molecule has 2 heteroatoms. The zero-order valence-corrected chi connectivity index (χ0v) is 15.7. The van der Waals surface area contributed by atoms with E-state index in [2.05, 4.69) is 74.9 Å². The molecule has 1 aliphatic rings. The van der Waals surface area contributed by atoms with Crippen molar-refractivity contribution in [3.8, 4) is 22.3 Å². The maximum Gasteiger partial charge on any atom is 0.0968 e. The summed E-state index contributed by atoms with van der Waals surface area (Å²) in [5, 5.41) is 0. The van der Waals surface area contributed by atoms with Crippen LogP contribution in [0.1, 0.15) is 27.8 Å². The third-order valence-electron chi connectivity index (χ3n) is 5.57. The van der Waals surface area contributed by atoms with E-state index >= 15 is 0 Å². The molecule has 3 aromatic carbocycles. The van der Waals surface area contributed by atoms with Crippen molar-refractivity contribution < 1.29 is 0 Å². The van der Waals surface area contributed by atoms with Gasteiger partial charge in [-0.15, -0.1) is 0 Å². The number of hydrogen-bond acceptors (Lipinski definition) is 1. The maximum absolute atomic E-state index is 4.72. The third-order valence-corrected chi connectivity index (χ3v) is 5.57. The van der Waals surface area contributed by atoms with Crippen molar-refractivity contribution in [1.82, 2.24) is 9.55 Å². The lowest BCUT2D eigenvalue weighted by atomic mass is 9.96. The molecule has 0 atom stereocenters. The Labute approximate surface area is 154 Å². The first-order valence-corrected chi connectivity index (χ1v) is 9.17. The number of aromatic nitrogens is 2. The van der Waals surface area contributed by atoms with E-state index in [-0.39, 0.29) is 0 Å². The van der Waals surface area contributed by atoms with Crippen LogP contribution in [0.5, 0.6) is 0 Å². The van der Waals surface area contributed by atoms with E-state index in [1.54, 1.807) is 0 Å². The highest BCUT2D eigenvalue weighted by Gasteiger charge is 2.24. The molecule has 0 amide bonds. The summed E-state index contributed by atoms with van der Waals surface area (Å²) in [7, 11) is 2.08. The molecule has 0 spiro atoms. The predicted octanol–water partition coefficient (Wildman–Crippen LogP) is 5.74. The van der Waals surface area contributed by atoms with E-state index in [4.69, 9.17) is 4.98 Å². The topological polar surface area (TPSA) is 17.8 Å². The quantitative estimate of drug-likeness (QED) is 0.381. The van der Waals surface area contributed by atoms with Crippen molar-refractivity contribution in [2.24, 2.45) is 7.05 Å². The Morgan fingerprint density at radius 3 is 2.38 bits per heavy atom.